The Kier molecular flexibility index (Phi) is 4.94. The molecule has 0 atom stereocenters. The standard InChI is InChI=1S/C22H26N4O/c1-25-14-12-17(13-15-25)26(2)22-19-6-4-5-7-20(19)23-21(24-22)16-8-10-18(27-3)11-9-16/h4-11,17H,12-15H2,1-3H3. The number of anilines is 1. The summed E-state index contributed by atoms with van der Waals surface area (Å²) >= 11 is 0. The van der Waals surface area contributed by atoms with Gasteiger partial charge in [-0.3, -0.25) is 0 Å². The Morgan fingerprint density at radius 3 is 2.41 bits per heavy atom. The van der Waals surface area contributed by atoms with E-state index in [0.29, 0.717) is 6.04 Å². The first kappa shape index (κ1) is 17.7. The zero-order valence-corrected chi connectivity index (χ0v) is 16.2. The van der Waals surface area contributed by atoms with Gasteiger partial charge in [0.1, 0.15) is 11.6 Å². The van der Waals surface area contributed by atoms with Crippen LogP contribution in [0.1, 0.15) is 12.8 Å². The molecule has 2 heterocycles. The molecule has 27 heavy (non-hydrogen) atoms. The van der Waals surface area contributed by atoms with Gasteiger partial charge < -0.3 is 14.5 Å². The molecular weight excluding hydrogens is 336 g/mol. The van der Waals surface area contributed by atoms with Crippen LogP contribution in [0.15, 0.2) is 48.5 Å². The van der Waals surface area contributed by atoms with Gasteiger partial charge in [-0.25, -0.2) is 9.97 Å². The van der Waals surface area contributed by atoms with Gasteiger partial charge in [-0.05, 0) is 69.4 Å². The Labute approximate surface area is 160 Å². The number of methoxy groups -OCH3 is 1. The van der Waals surface area contributed by atoms with Gasteiger partial charge in [-0.1, -0.05) is 12.1 Å². The molecule has 0 saturated carbocycles. The summed E-state index contributed by atoms with van der Waals surface area (Å²) in [6.07, 6.45) is 2.31. The highest BCUT2D eigenvalue weighted by Gasteiger charge is 2.23. The monoisotopic (exact) mass is 362 g/mol. The number of aromatic nitrogens is 2. The van der Waals surface area contributed by atoms with E-state index in [1.165, 1.54) is 0 Å². The molecular formula is C22H26N4O. The Morgan fingerprint density at radius 2 is 1.70 bits per heavy atom. The number of rotatable bonds is 4. The van der Waals surface area contributed by atoms with Crippen LogP contribution < -0.4 is 9.64 Å². The molecule has 140 valence electrons. The first-order valence-corrected chi connectivity index (χ1v) is 9.48. The van der Waals surface area contributed by atoms with Crippen molar-refractivity contribution in [3.05, 3.63) is 48.5 Å². The largest absolute Gasteiger partial charge is 0.497 e. The maximum Gasteiger partial charge on any atom is 0.162 e. The molecule has 1 saturated heterocycles. The number of piperidine rings is 1. The van der Waals surface area contributed by atoms with E-state index in [2.05, 4.69) is 42.1 Å². The second-order valence-corrected chi connectivity index (χ2v) is 7.26. The first-order chi connectivity index (χ1) is 13.2. The van der Waals surface area contributed by atoms with Crippen LogP contribution in [0.3, 0.4) is 0 Å². The average Bonchev–Trinajstić information content (AvgIpc) is 2.73. The lowest BCUT2D eigenvalue weighted by Crippen LogP contribution is -2.42. The summed E-state index contributed by atoms with van der Waals surface area (Å²) in [7, 11) is 6.04. The maximum absolute atomic E-state index is 5.27. The van der Waals surface area contributed by atoms with Crippen molar-refractivity contribution in [2.75, 3.05) is 39.2 Å². The second kappa shape index (κ2) is 7.53. The van der Waals surface area contributed by atoms with Crippen molar-refractivity contribution in [1.82, 2.24) is 14.9 Å². The third-order valence-corrected chi connectivity index (χ3v) is 5.50. The van der Waals surface area contributed by atoms with Crippen LogP contribution in [0.4, 0.5) is 5.82 Å². The minimum atomic E-state index is 0.503. The van der Waals surface area contributed by atoms with E-state index in [4.69, 9.17) is 14.7 Å². The van der Waals surface area contributed by atoms with Crippen molar-refractivity contribution in [3.8, 4) is 17.1 Å². The summed E-state index contributed by atoms with van der Waals surface area (Å²) in [5.41, 5.74) is 1.98. The van der Waals surface area contributed by atoms with E-state index in [0.717, 1.165) is 59.8 Å². The van der Waals surface area contributed by atoms with Gasteiger partial charge >= 0.3 is 0 Å². The fourth-order valence-electron chi connectivity index (χ4n) is 3.75. The second-order valence-electron chi connectivity index (χ2n) is 7.26. The number of benzene rings is 2. The van der Waals surface area contributed by atoms with Crippen molar-refractivity contribution in [2.24, 2.45) is 0 Å². The quantitative estimate of drug-likeness (QED) is 0.705. The lowest BCUT2D eigenvalue weighted by molar-refractivity contribution is 0.252. The van der Waals surface area contributed by atoms with Crippen LogP contribution in [0.5, 0.6) is 5.75 Å². The molecule has 4 rings (SSSR count). The highest BCUT2D eigenvalue weighted by molar-refractivity contribution is 5.91. The Balaban J connectivity index is 1.76. The van der Waals surface area contributed by atoms with E-state index in [1.807, 2.05) is 30.3 Å². The van der Waals surface area contributed by atoms with Crippen molar-refractivity contribution in [2.45, 2.75) is 18.9 Å². The molecule has 0 N–H and O–H groups in total. The number of hydrogen-bond acceptors (Lipinski definition) is 5. The fourth-order valence-corrected chi connectivity index (χ4v) is 3.75. The lowest BCUT2D eigenvalue weighted by Gasteiger charge is -2.36. The maximum atomic E-state index is 5.27. The van der Waals surface area contributed by atoms with Gasteiger partial charge in [0.2, 0.25) is 0 Å². The number of para-hydroxylation sites is 1. The number of nitrogens with zero attached hydrogens (tertiary/aromatic N) is 4. The van der Waals surface area contributed by atoms with Crippen molar-refractivity contribution >= 4 is 16.7 Å². The van der Waals surface area contributed by atoms with Crippen LogP contribution in [0.25, 0.3) is 22.3 Å². The highest BCUT2D eigenvalue weighted by atomic mass is 16.5. The highest BCUT2D eigenvalue weighted by Crippen LogP contribution is 2.30. The van der Waals surface area contributed by atoms with E-state index in [1.54, 1.807) is 7.11 Å². The number of likely N-dealkylation sites (tertiary alicyclic amines) is 1. The summed E-state index contributed by atoms with van der Waals surface area (Å²) in [5.74, 6) is 2.61. The van der Waals surface area contributed by atoms with Crippen LogP contribution in [-0.4, -0.2) is 55.2 Å². The molecule has 5 heteroatoms. The molecule has 1 aromatic heterocycles. The first-order valence-electron chi connectivity index (χ1n) is 9.48. The summed E-state index contributed by atoms with van der Waals surface area (Å²) in [5, 5.41) is 1.11. The van der Waals surface area contributed by atoms with E-state index in [-0.39, 0.29) is 0 Å². The van der Waals surface area contributed by atoms with Crippen molar-refractivity contribution in [3.63, 3.8) is 0 Å². The third-order valence-electron chi connectivity index (χ3n) is 5.50. The van der Waals surface area contributed by atoms with Crippen LogP contribution in [0.2, 0.25) is 0 Å². The Hall–Kier alpha value is -2.66. The molecule has 1 fully saturated rings. The third kappa shape index (κ3) is 3.60. The average molecular weight is 362 g/mol. The summed E-state index contributed by atoms with van der Waals surface area (Å²) in [6, 6.07) is 16.7. The van der Waals surface area contributed by atoms with Gasteiger partial charge in [0.05, 0.1) is 12.6 Å². The summed E-state index contributed by atoms with van der Waals surface area (Å²) in [4.78, 5) is 14.5. The number of fused-ring (bicyclic) bond motifs is 1. The predicted octanol–water partition coefficient (Wildman–Crippen LogP) is 3.84. The predicted molar refractivity (Wildman–Crippen MR) is 110 cm³/mol. The van der Waals surface area contributed by atoms with Crippen LogP contribution >= 0.6 is 0 Å². The SMILES string of the molecule is COc1ccc(-c2nc(N(C)C3CCN(C)CC3)c3ccccc3n2)cc1. The van der Waals surface area contributed by atoms with Gasteiger partial charge in [0.15, 0.2) is 5.82 Å². The Bertz CT molecular complexity index is 917. The van der Waals surface area contributed by atoms with Gasteiger partial charge in [-0.15, -0.1) is 0 Å². The normalized spacial score (nSPS) is 15.8. The zero-order valence-electron chi connectivity index (χ0n) is 16.2. The lowest BCUT2D eigenvalue weighted by atomic mass is 10.0. The summed E-state index contributed by atoms with van der Waals surface area (Å²) < 4.78 is 5.27. The van der Waals surface area contributed by atoms with Crippen LogP contribution in [-0.2, 0) is 0 Å². The minimum absolute atomic E-state index is 0.503. The zero-order chi connectivity index (χ0) is 18.8. The molecule has 1 aliphatic rings. The van der Waals surface area contributed by atoms with Crippen molar-refractivity contribution < 1.29 is 4.74 Å². The molecule has 0 aliphatic carbocycles. The van der Waals surface area contributed by atoms with Crippen molar-refractivity contribution in [1.29, 1.82) is 0 Å². The van der Waals surface area contributed by atoms with E-state index in [9.17, 15) is 0 Å². The fraction of sp³-hybridized carbons (Fsp3) is 0.364. The molecule has 0 bridgehead atoms. The smallest absolute Gasteiger partial charge is 0.162 e. The summed E-state index contributed by atoms with van der Waals surface area (Å²) in [6.45, 7) is 2.26. The molecule has 1 aliphatic heterocycles. The molecule has 0 spiro atoms. The van der Waals surface area contributed by atoms with Gasteiger partial charge in [0, 0.05) is 24.0 Å². The number of ether oxygens (including phenoxy) is 1. The molecule has 5 nitrogen and oxygen atoms in total. The minimum Gasteiger partial charge on any atom is -0.497 e. The van der Waals surface area contributed by atoms with Gasteiger partial charge in [0.25, 0.3) is 0 Å². The topological polar surface area (TPSA) is 41.5 Å². The van der Waals surface area contributed by atoms with E-state index < -0.39 is 0 Å². The Morgan fingerprint density at radius 1 is 1.00 bits per heavy atom. The van der Waals surface area contributed by atoms with Gasteiger partial charge in [-0.2, -0.15) is 0 Å². The molecule has 2 aromatic carbocycles. The molecule has 0 unspecified atom stereocenters. The molecule has 0 radical (unpaired) electrons. The molecule has 3 aromatic rings. The molecule has 0 amide bonds. The van der Waals surface area contributed by atoms with Crippen LogP contribution in [0, 0.1) is 0 Å². The number of hydrogen-bond donors (Lipinski definition) is 0. The van der Waals surface area contributed by atoms with E-state index >= 15 is 0 Å².